The van der Waals surface area contributed by atoms with Gasteiger partial charge in [-0.1, -0.05) is 30.1 Å². The number of benzene rings is 1. The van der Waals surface area contributed by atoms with Crippen molar-refractivity contribution in [1.82, 2.24) is 0 Å². The lowest BCUT2D eigenvalue weighted by Crippen LogP contribution is -2.24. The fourth-order valence-corrected chi connectivity index (χ4v) is 4.35. The van der Waals surface area contributed by atoms with E-state index in [4.69, 9.17) is 37.8 Å². The number of Topliss-reactive ketones (excluding diaryl/α,β-unsaturated/α-hetero) is 1. The average molecular weight is 427 g/mol. The highest BCUT2D eigenvalue weighted by Crippen LogP contribution is 2.57. The van der Waals surface area contributed by atoms with Crippen molar-refractivity contribution in [2.75, 3.05) is 19.8 Å². The molecule has 1 N–H and O–H groups in total. The van der Waals surface area contributed by atoms with E-state index in [0.717, 1.165) is 36.0 Å². The molecule has 3 rings (SSSR count). The summed E-state index contributed by atoms with van der Waals surface area (Å²) in [5, 5.41) is 9.09. The zero-order valence-corrected chi connectivity index (χ0v) is 16.9. The van der Waals surface area contributed by atoms with Crippen LogP contribution in [0, 0.1) is 5.41 Å². The largest absolute Gasteiger partial charge is 0.480 e. The first-order valence-electron chi connectivity index (χ1n) is 8.98. The predicted octanol–water partition coefficient (Wildman–Crippen LogP) is 3.18. The van der Waals surface area contributed by atoms with Crippen LogP contribution in [0.2, 0.25) is 10.0 Å². The van der Waals surface area contributed by atoms with Crippen LogP contribution >= 0.6 is 23.2 Å². The third-order valence-corrected chi connectivity index (χ3v) is 6.22. The Hall–Kier alpha value is -1.89. The summed E-state index contributed by atoms with van der Waals surface area (Å²) >= 11 is 12.9. The third-order valence-electron chi connectivity index (χ3n) is 5.37. The zero-order valence-electron chi connectivity index (χ0n) is 15.3. The Balaban J connectivity index is 1.82. The SMILES string of the molecule is CCC12CCC(=O)C=C1c1c(cc(OCC(=O)OCC(=O)CO)c(Cl)c1Cl)C2. The van der Waals surface area contributed by atoms with E-state index in [2.05, 4.69) is 6.92 Å². The van der Waals surface area contributed by atoms with Gasteiger partial charge in [-0.3, -0.25) is 9.59 Å². The van der Waals surface area contributed by atoms with E-state index in [0.29, 0.717) is 11.4 Å². The molecule has 0 amide bonds. The number of carbonyl (C=O) groups excluding carboxylic acids is 3. The van der Waals surface area contributed by atoms with Gasteiger partial charge < -0.3 is 14.6 Å². The fraction of sp³-hybridized carbons (Fsp3) is 0.450. The smallest absolute Gasteiger partial charge is 0.344 e. The van der Waals surface area contributed by atoms with Crippen molar-refractivity contribution in [1.29, 1.82) is 0 Å². The van der Waals surface area contributed by atoms with Crippen molar-refractivity contribution in [3.8, 4) is 5.75 Å². The van der Waals surface area contributed by atoms with Gasteiger partial charge in [-0.25, -0.2) is 4.79 Å². The number of hydrogen-bond acceptors (Lipinski definition) is 6. The topological polar surface area (TPSA) is 89.9 Å². The molecule has 2 aliphatic carbocycles. The van der Waals surface area contributed by atoms with Crippen LogP contribution in [0.4, 0.5) is 0 Å². The lowest BCUT2D eigenvalue weighted by molar-refractivity contribution is -0.150. The molecule has 0 spiro atoms. The number of ketones is 2. The summed E-state index contributed by atoms with van der Waals surface area (Å²) < 4.78 is 10.2. The minimum atomic E-state index is -0.763. The zero-order chi connectivity index (χ0) is 20.5. The second-order valence-corrected chi connectivity index (χ2v) is 7.77. The van der Waals surface area contributed by atoms with Gasteiger partial charge in [0.1, 0.15) is 17.4 Å². The lowest BCUT2D eigenvalue weighted by atomic mass is 9.71. The molecular formula is C20H20Cl2O6. The lowest BCUT2D eigenvalue weighted by Gasteiger charge is -2.32. The van der Waals surface area contributed by atoms with Gasteiger partial charge in [-0.05, 0) is 42.5 Å². The van der Waals surface area contributed by atoms with E-state index >= 15 is 0 Å². The molecular weight excluding hydrogens is 407 g/mol. The fourth-order valence-electron chi connectivity index (χ4n) is 3.83. The summed E-state index contributed by atoms with van der Waals surface area (Å²) in [7, 11) is 0. The maximum atomic E-state index is 12.0. The molecule has 0 bridgehead atoms. The molecule has 1 aromatic rings. The van der Waals surface area contributed by atoms with E-state index in [1.807, 2.05) is 0 Å². The number of aliphatic hydroxyl groups is 1. The Kier molecular flexibility index (Phi) is 6.12. The predicted molar refractivity (Wildman–Crippen MR) is 104 cm³/mol. The molecule has 0 aliphatic heterocycles. The van der Waals surface area contributed by atoms with Gasteiger partial charge in [0.2, 0.25) is 0 Å². The molecule has 0 saturated heterocycles. The highest BCUT2D eigenvalue weighted by Gasteiger charge is 2.44. The van der Waals surface area contributed by atoms with E-state index in [9.17, 15) is 14.4 Å². The molecule has 1 atom stereocenters. The standard InChI is InChI=1S/C20H20Cl2O6/c1-2-20-4-3-12(24)6-14(20)17-11(7-20)5-15(18(21)19(17)22)27-10-16(26)28-9-13(25)8-23/h5-6,23H,2-4,7-10H2,1H3. The van der Waals surface area contributed by atoms with E-state index in [1.165, 1.54) is 0 Å². The Morgan fingerprint density at radius 2 is 2.00 bits per heavy atom. The Morgan fingerprint density at radius 3 is 2.68 bits per heavy atom. The van der Waals surface area contributed by atoms with E-state index in [1.54, 1.807) is 12.1 Å². The van der Waals surface area contributed by atoms with Crippen molar-refractivity contribution in [3.63, 3.8) is 0 Å². The van der Waals surface area contributed by atoms with Gasteiger partial charge in [0.05, 0.1) is 5.02 Å². The first-order chi connectivity index (χ1) is 13.3. The van der Waals surface area contributed by atoms with Crippen LogP contribution in [-0.4, -0.2) is 42.5 Å². The van der Waals surface area contributed by atoms with Crippen molar-refractivity contribution < 1.29 is 29.0 Å². The number of esters is 1. The summed E-state index contributed by atoms with van der Waals surface area (Å²) in [5.41, 5.74) is 2.51. The normalized spacial score (nSPS) is 20.3. The summed E-state index contributed by atoms with van der Waals surface area (Å²) in [6.07, 6.45) is 4.55. The summed E-state index contributed by atoms with van der Waals surface area (Å²) in [6, 6.07) is 1.75. The van der Waals surface area contributed by atoms with Gasteiger partial charge in [0.25, 0.3) is 0 Å². The van der Waals surface area contributed by atoms with Crippen LogP contribution in [-0.2, 0) is 25.5 Å². The van der Waals surface area contributed by atoms with Crippen LogP contribution in [0.3, 0.4) is 0 Å². The quantitative estimate of drug-likeness (QED) is 0.673. The summed E-state index contributed by atoms with van der Waals surface area (Å²) in [6.45, 7) is 0.427. The number of halogens is 2. The second kappa shape index (κ2) is 8.23. The third kappa shape index (κ3) is 3.81. The van der Waals surface area contributed by atoms with E-state index in [-0.39, 0.29) is 22.0 Å². The van der Waals surface area contributed by atoms with Crippen molar-refractivity contribution in [3.05, 3.63) is 33.3 Å². The van der Waals surface area contributed by atoms with Crippen LogP contribution in [0.15, 0.2) is 12.1 Å². The first kappa shape index (κ1) is 20.8. The molecule has 2 aliphatic rings. The van der Waals surface area contributed by atoms with Crippen LogP contribution in [0.5, 0.6) is 5.75 Å². The molecule has 0 aromatic heterocycles. The monoisotopic (exact) mass is 426 g/mol. The summed E-state index contributed by atoms with van der Waals surface area (Å²) in [5.74, 6) is -1.05. The number of ether oxygens (including phenoxy) is 2. The van der Waals surface area contributed by atoms with Gasteiger partial charge >= 0.3 is 5.97 Å². The van der Waals surface area contributed by atoms with Gasteiger partial charge in [0, 0.05) is 17.4 Å². The number of hydrogen-bond donors (Lipinski definition) is 1. The number of carbonyl (C=O) groups is 3. The highest BCUT2D eigenvalue weighted by atomic mass is 35.5. The summed E-state index contributed by atoms with van der Waals surface area (Å²) in [4.78, 5) is 34.7. The molecule has 8 heteroatoms. The maximum Gasteiger partial charge on any atom is 0.344 e. The van der Waals surface area contributed by atoms with Crippen LogP contribution in [0.25, 0.3) is 5.57 Å². The second-order valence-electron chi connectivity index (χ2n) is 7.02. The maximum absolute atomic E-state index is 12.0. The molecule has 0 fully saturated rings. The van der Waals surface area contributed by atoms with Crippen molar-refractivity contribution in [2.45, 2.75) is 32.6 Å². The van der Waals surface area contributed by atoms with Gasteiger partial charge in [-0.2, -0.15) is 0 Å². The van der Waals surface area contributed by atoms with Gasteiger partial charge in [-0.15, -0.1) is 0 Å². The minimum absolute atomic E-state index is 0.0830. The van der Waals surface area contributed by atoms with Crippen LogP contribution in [0.1, 0.15) is 37.3 Å². The number of aliphatic hydroxyl groups excluding tert-OH is 1. The molecule has 28 heavy (non-hydrogen) atoms. The Bertz CT molecular complexity index is 876. The van der Waals surface area contributed by atoms with Crippen LogP contribution < -0.4 is 4.74 Å². The number of rotatable bonds is 7. The highest BCUT2D eigenvalue weighted by molar-refractivity contribution is 6.44. The molecule has 1 aromatic carbocycles. The molecule has 1 unspecified atom stereocenters. The first-order valence-corrected chi connectivity index (χ1v) is 9.74. The minimum Gasteiger partial charge on any atom is -0.480 e. The average Bonchev–Trinajstić information content (AvgIpc) is 3.01. The molecule has 0 saturated carbocycles. The molecule has 150 valence electrons. The van der Waals surface area contributed by atoms with E-state index < -0.39 is 31.6 Å². The number of fused-ring (bicyclic) bond motifs is 3. The molecule has 0 heterocycles. The van der Waals surface area contributed by atoms with Gasteiger partial charge in [0.15, 0.2) is 24.8 Å². The van der Waals surface area contributed by atoms with Crippen molar-refractivity contribution >= 4 is 46.3 Å². The van der Waals surface area contributed by atoms with Crippen molar-refractivity contribution in [2.24, 2.45) is 5.41 Å². The molecule has 0 radical (unpaired) electrons. The Morgan fingerprint density at radius 1 is 1.25 bits per heavy atom. The molecule has 6 nitrogen and oxygen atoms in total. The Labute approximate surface area is 172 Å². The number of allylic oxidation sites excluding steroid dienone is 2.